The minimum atomic E-state index is -1.09. The van der Waals surface area contributed by atoms with Crippen molar-refractivity contribution in [3.05, 3.63) is 70.4 Å². The lowest BCUT2D eigenvalue weighted by atomic mass is 10.0. The first-order valence-electron chi connectivity index (χ1n) is 16.4. The topological polar surface area (TPSA) is 154 Å². The molecule has 1 aromatic carbocycles. The maximum Gasteiger partial charge on any atom is 0.420 e. The van der Waals surface area contributed by atoms with Crippen LogP contribution in [0.15, 0.2) is 53.5 Å². The number of aromatic nitrogens is 3. The van der Waals surface area contributed by atoms with Crippen LogP contribution in [0.1, 0.15) is 79.6 Å². The van der Waals surface area contributed by atoms with Gasteiger partial charge in [-0.2, -0.15) is 0 Å². The number of para-hydroxylation sites is 1. The third kappa shape index (κ3) is 11.3. The number of ether oxygens (including phenoxy) is 2. The fourth-order valence-corrected chi connectivity index (χ4v) is 4.87. The summed E-state index contributed by atoms with van der Waals surface area (Å²) in [5.74, 6) is -0.238. The van der Waals surface area contributed by atoms with Gasteiger partial charge in [-0.25, -0.2) is 19.1 Å². The van der Waals surface area contributed by atoms with Gasteiger partial charge in [-0.15, -0.1) is 0 Å². The average molecular weight is 679 g/mol. The van der Waals surface area contributed by atoms with Crippen LogP contribution < -0.4 is 16.2 Å². The summed E-state index contributed by atoms with van der Waals surface area (Å²) in [5.41, 5.74) is 0.0130. The van der Waals surface area contributed by atoms with Crippen LogP contribution in [0.3, 0.4) is 0 Å². The molecule has 0 aliphatic rings. The van der Waals surface area contributed by atoms with Gasteiger partial charge in [0.15, 0.2) is 0 Å². The fourth-order valence-electron chi connectivity index (χ4n) is 4.87. The Balaban J connectivity index is 1.95. The maximum atomic E-state index is 13.7. The van der Waals surface area contributed by atoms with Crippen LogP contribution in [0.4, 0.5) is 15.3 Å². The van der Waals surface area contributed by atoms with Gasteiger partial charge in [-0.1, -0.05) is 32.1 Å². The molecule has 0 spiro atoms. The average Bonchev–Trinajstić information content (AvgIpc) is 3.33. The van der Waals surface area contributed by atoms with E-state index in [4.69, 9.17) is 14.5 Å². The predicted molar refractivity (Wildman–Crippen MR) is 189 cm³/mol. The van der Waals surface area contributed by atoms with Crippen molar-refractivity contribution in [3.63, 3.8) is 0 Å². The van der Waals surface area contributed by atoms with Crippen molar-refractivity contribution in [2.24, 2.45) is 5.92 Å². The molecular formula is C36H50N6O7. The van der Waals surface area contributed by atoms with Gasteiger partial charge in [0.1, 0.15) is 28.8 Å². The van der Waals surface area contributed by atoms with Crippen LogP contribution in [-0.2, 0) is 32.0 Å². The molecule has 0 aliphatic heterocycles. The molecule has 1 atom stereocenters. The lowest BCUT2D eigenvalue weighted by molar-refractivity contribution is -0.123. The van der Waals surface area contributed by atoms with Gasteiger partial charge in [-0.05, 0) is 96.6 Å². The van der Waals surface area contributed by atoms with E-state index in [0.29, 0.717) is 17.0 Å². The number of hydrogen-bond donors (Lipinski definition) is 2. The first kappa shape index (κ1) is 38.5. The number of anilines is 1. The van der Waals surface area contributed by atoms with Gasteiger partial charge in [0.05, 0.1) is 17.6 Å². The van der Waals surface area contributed by atoms with Crippen LogP contribution in [0.25, 0.3) is 11.0 Å². The smallest absolute Gasteiger partial charge is 0.420 e. The summed E-state index contributed by atoms with van der Waals surface area (Å²) in [4.78, 5) is 71.4. The molecule has 0 saturated carbocycles. The minimum absolute atomic E-state index is 0.0396. The number of carbonyl (C=O) groups excluding carboxylic acids is 4. The van der Waals surface area contributed by atoms with Crippen LogP contribution in [-0.4, -0.2) is 74.4 Å². The molecule has 0 fully saturated rings. The molecule has 0 radical (unpaired) electrons. The van der Waals surface area contributed by atoms with Gasteiger partial charge in [-0.3, -0.25) is 14.4 Å². The van der Waals surface area contributed by atoms with E-state index < -0.39 is 40.9 Å². The highest BCUT2D eigenvalue weighted by Crippen LogP contribution is 2.24. The lowest BCUT2D eigenvalue weighted by Crippen LogP contribution is -2.46. The second kappa shape index (κ2) is 16.0. The Bertz CT molecular complexity index is 1760. The van der Waals surface area contributed by atoms with E-state index in [0.717, 1.165) is 12.0 Å². The second-order valence-electron chi connectivity index (χ2n) is 14.5. The van der Waals surface area contributed by atoms with Crippen LogP contribution in [0.2, 0.25) is 0 Å². The van der Waals surface area contributed by atoms with Crippen molar-refractivity contribution >= 4 is 40.7 Å². The molecule has 3 amide bonds. The number of carbonyl (C=O) groups is 4. The third-order valence-electron chi connectivity index (χ3n) is 6.96. The van der Waals surface area contributed by atoms with Gasteiger partial charge < -0.3 is 29.6 Å². The molecule has 0 aliphatic carbocycles. The molecule has 13 heteroatoms. The molecule has 13 nitrogen and oxygen atoms in total. The zero-order chi connectivity index (χ0) is 36.7. The highest BCUT2D eigenvalue weighted by Gasteiger charge is 2.27. The quantitative estimate of drug-likeness (QED) is 0.253. The van der Waals surface area contributed by atoms with Crippen molar-refractivity contribution in [1.29, 1.82) is 0 Å². The van der Waals surface area contributed by atoms with E-state index in [9.17, 15) is 24.0 Å². The SMILES string of the molecule is CC(C)Cc1cccc2c1nc(Cn1cccc(NC(=O)C(CCC=CC(=O)N(C)C)NC(=O)OC(C)(C)C)c1=O)n2C(=O)OC(C)(C)C. The Kier molecular flexibility index (Phi) is 12.6. The van der Waals surface area contributed by atoms with Crippen LogP contribution in [0, 0.1) is 5.92 Å². The number of rotatable bonds is 11. The van der Waals surface area contributed by atoms with E-state index in [-0.39, 0.29) is 36.8 Å². The molecule has 3 rings (SSSR count). The van der Waals surface area contributed by atoms with Crippen molar-refractivity contribution in [2.45, 2.75) is 98.4 Å². The standard InChI is InChI=1S/C36H50N6O7/c1-23(2)21-24-15-13-18-27-30(24)39-28(42(27)34(47)49-36(6,7)8)22-41-20-14-17-26(32(41)45)37-31(44)25(38-33(46)48-35(3,4)5)16-11-12-19-29(43)40(9)10/h12-15,17-20,23,25H,11,16,21-22H2,1-10H3,(H,37,44)(H,38,46). The first-order valence-corrected chi connectivity index (χ1v) is 16.4. The summed E-state index contributed by atoms with van der Waals surface area (Å²) in [6, 6.07) is 7.59. The number of alkyl carbamates (subject to hydrolysis) is 1. The minimum Gasteiger partial charge on any atom is -0.444 e. The fraction of sp³-hybridized carbons (Fsp3) is 0.500. The normalized spacial score (nSPS) is 12.6. The van der Waals surface area contributed by atoms with Gasteiger partial charge in [0.25, 0.3) is 5.56 Å². The Labute approximate surface area is 287 Å². The molecule has 2 heterocycles. The summed E-state index contributed by atoms with van der Waals surface area (Å²) in [7, 11) is 3.24. The summed E-state index contributed by atoms with van der Waals surface area (Å²) in [5, 5.41) is 5.21. The number of likely N-dealkylation sites (N-methyl/N-ethyl adjacent to an activating group) is 1. The second-order valence-corrected chi connectivity index (χ2v) is 14.5. The lowest BCUT2D eigenvalue weighted by Gasteiger charge is -2.23. The van der Waals surface area contributed by atoms with Crippen molar-refractivity contribution in [1.82, 2.24) is 24.3 Å². The Morgan fingerprint density at radius 1 is 0.980 bits per heavy atom. The molecule has 1 unspecified atom stereocenters. The van der Waals surface area contributed by atoms with Gasteiger partial charge >= 0.3 is 12.2 Å². The van der Waals surface area contributed by atoms with E-state index in [1.807, 2.05) is 12.1 Å². The third-order valence-corrected chi connectivity index (χ3v) is 6.96. The Morgan fingerprint density at radius 2 is 1.65 bits per heavy atom. The number of hydrogen-bond acceptors (Lipinski definition) is 8. The predicted octanol–water partition coefficient (Wildman–Crippen LogP) is 5.48. The zero-order valence-corrected chi connectivity index (χ0v) is 30.2. The molecule has 2 aromatic heterocycles. The van der Waals surface area contributed by atoms with Crippen molar-refractivity contribution < 1.29 is 28.7 Å². The summed E-state index contributed by atoms with van der Waals surface area (Å²) >= 11 is 0. The summed E-state index contributed by atoms with van der Waals surface area (Å²) in [6.45, 7) is 14.5. The monoisotopic (exact) mass is 678 g/mol. The molecule has 0 saturated heterocycles. The molecule has 49 heavy (non-hydrogen) atoms. The molecule has 3 aromatic rings. The van der Waals surface area contributed by atoms with E-state index in [1.54, 1.807) is 73.8 Å². The largest absolute Gasteiger partial charge is 0.444 e. The highest BCUT2D eigenvalue weighted by molar-refractivity contribution is 5.96. The van der Waals surface area contributed by atoms with E-state index in [2.05, 4.69) is 24.5 Å². The maximum absolute atomic E-state index is 13.7. The molecule has 0 bridgehead atoms. The zero-order valence-electron chi connectivity index (χ0n) is 30.2. The number of imidazole rings is 1. The van der Waals surface area contributed by atoms with Gasteiger partial charge in [0, 0.05) is 20.3 Å². The number of nitrogens with one attached hydrogen (secondary N) is 2. The van der Waals surface area contributed by atoms with Crippen LogP contribution in [0.5, 0.6) is 0 Å². The summed E-state index contributed by atoms with van der Waals surface area (Å²) < 4.78 is 13.8. The Hall–Kier alpha value is -4.94. The Morgan fingerprint density at radius 3 is 2.27 bits per heavy atom. The number of nitrogens with zero attached hydrogens (tertiary/aromatic N) is 4. The number of allylic oxidation sites excluding steroid dienone is 1. The molecule has 2 N–H and O–H groups in total. The summed E-state index contributed by atoms with van der Waals surface area (Å²) in [6.07, 6.45) is 4.26. The van der Waals surface area contributed by atoms with Crippen molar-refractivity contribution in [2.75, 3.05) is 19.4 Å². The molecule has 266 valence electrons. The number of amides is 3. The van der Waals surface area contributed by atoms with Crippen LogP contribution >= 0.6 is 0 Å². The number of benzene rings is 1. The first-order chi connectivity index (χ1) is 22.8. The van der Waals surface area contributed by atoms with Gasteiger partial charge in [0.2, 0.25) is 11.8 Å². The van der Waals surface area contributed by atoms with E-state index in [1.165, 1.54) is 32.4 Å². The molecular weight excluding hydrogens is 628 g/mol. The number of fused-ring (bicyclic) bond motifs is 1. The number of pyridine rings is 1. The van der Waals surface area contributed by atoms with Crippen molar-refractivity contribution in [3.8, 4) is 0 Å². The van der Waals surface area contributed by atoms with E-state index >= 15 is 0 Å². The highest BCUT2D eigenvalue weighted by atomic mass is 16.6.